The Bertz CT molecular complexity index is 211. The molecule has 1 aromatic heterocycles. The molecular weight excluding hydrogens is 126 g/mol. The quantitative estimate of drug-likeness (QED) is 0.620. The van der Waals surface area contributed by atoms with Crippen molar-refractivity contribution < 1.29 is 4.79 Å². The average molecular weight is 137 g/mol. The first kappa shape index (κ1) is 7.06. The molecule has 0 bridgehead atoms. The molecule has 1 heterocycles. The minimum Gasteiger partial charge on any atom is -0.359 e. The SMILES string of the molecule is CC(C)C(=O)c1ccc[nH]1. The molecule has 0 saturated heterocycles. The van der Waals surface area contributed by atoms with Crippen molar-refractivity contribution in [1.29, 1.82) is 0 Å². The van der Waals surface area contributed by atoms with Crippen molar-refractivity contribution in [1.82, 2.24) is 4.98 Å². The molecule has 2 heteroatoms. The first-order valence-corrected chi connectivity index (χ1v) is 3.39. The zero-order valence-electron chi connectivity index (χ0n) is 6.22. The van der Waals surface area contributed by atoms with Gasteiger partial charge in [0.1, 0.15) is 0 Å². The number of hydrogen-bond donors (Lipinski definition) is 1. The number of nitrogens with one attached hydrogen (secondary N) is 1. The highest BCUT2D eigenvalue weighted by atomic mass is 16.1. The van der Waals surface area contributed by atoms with Gasteiger partial charge < -0.3 is 4.98 Å². The van der Waals surface area contributed by atoms with Crippen LogP contribution in [-0.2, 0) is 0 Å². The van der Waals surface area contributed by atoms with Crippen LogP contribution in [0.2, 0.25) is 0 Å². The van der Waals surface area contributed by atoms with Crippen molar-refractivity contribution >= 4 is 5.78 Å². The van der Waals surface area contributed by atoms with E-state index in [4.69, 9.17) is 0 Å². The molecule has 0 atom stereocenters. The summed E-state index contributed by atoms with van der Waals surface area (Å²) in [6.45, 7) is 3.78. The molecule has 0 radical (unpaired) electrons. The minimum atomic E-state index is 0.0821. The van der Waals surface area contributed by atoms with E-state index in [1.807, 2.05) is 19.9 Å². The summed E-state index contributed by atoms with van der Waals surface area (Å²) in [6, 6.07) is 3.62. The number of hydrogen-bond acceptors (Lipinski definition) is 1. The number of H-pyrrole nitrogens is 1. The molecule has 0 aliphatic heterocycles. The van der Waals surface area contributed by atoms with Gasteiger partial charge in [0.2, 0.25) is 0 Å². The van der Waals surface area contributed by atoms with Gasteiger partial charge in [-0.2, -0.15) is 0 Å². The predicted octanol–water partition coefficient (Wildman–Crippen LogP) is 1.85. The summed E-state index contributed by atoms with van der Waals surface area (Å²) in [7, 11) is 0. The maximum absolute atomic E-state index is 11.2. The fourth-order valence-corrected chi connectivity index (χ4v) is 0.795. The number of ketones is 1. The molecule has 0 amide bonds. The van der Waals surface area contributed by atoms with Crippen molar-refractivity contribution in [2.45, 2.75) is 13.8 Å². The van der Waals surface area contributed by atoms with Crippen molar-refractivity contribution in [2.24, 2.45) is 5.92 Å². The Balaban J connectivity index is 2.78. The Kier molecular flexibility index (Phi) is 1.90. The fraction of sp³-hybridized carbons (Fsp3) is 0.375. The molecule has 0 saturated carbocycles. The second-order valence-corrected chi connectivity index (χ2v) is 2.60. The predicted molar refractivity (Wildman–Crippen MR) is 40.0 cm³/mol. The number of aromatic amines is 1. The summed E-state index contributed by atoms with van der Waals surface area (Å²) in [5.41, 5.74) is 0.704. The second-order valence-electron chi connectivity index (χ2n) is 2.60. The normalized spacial score (nSPS) is 10.3. The van der Waals surface area contributed by atoms with Crippen molar-refractivity contribution in [3.8, 4) is 0 Å². The number of carbonyl (C=O) groups excluding carboxylic acids is 1. The molecule has 2 nitrogen and oxygen atoms in total. The van der Waals surface area contributed by atoms with Gasteiger partial charge in [-0.25, -0.2) is 0 Å². The van der Waals surface area contributed by atoms with Crippen LogP contribution in [0.4, 0.5) is 0 Å². The van der Waals surface area contributed by atoms with Crippen LogP contribution in [-0.4, -0.2) is 10.8 Å². The fourth-order valence-electron chi connectivity index (χ4n) is 0.795. The molecule has 0 unspecified atom stereocenters. The van der Waals surface area contributed by atoms with Crippen molar-refractivity contribution in [3.05, 3.63) is 24.0 Å². The van der Waals surface area contributed by atoms with E-state index in [1.54, 1.807) is 12.3 Å². The molecule has 0 fully saturated rings. The van der Waals surface area contributed by atoms with Gasteiger partial charge >= 0.3 is 0 Å². The molecule has 1 rings (SSSR count). The topological polar surface area (TPSA) is 32.9 Å². The molecule has 0 aromatic carbocycles. The molecule has 0 spiro atoms. The van der Waals surface area contributed by atoms with Crippen LogP contribution in [0.1, 0.15) is 24.3 Å². The maximum Gasteiger partial charge on any atom is 0.181 e. The lowest BCUT2D eigenvalue weighted by molar-refractivity contribution is 0.0935. The van der Waals surface area contributed by atoms with Gasteiger partial charge in [0.25, 0.3) is 0 Å². The van der Waals surface area contributed by atoms with Crippen LogP contribution in [0.3, 0.4) is 0 Å². The maximum atomic E-state index is 11.2. The second kappa shape index (κ2) is 2.69. The smallest absolute Gasteiger partial charge is 0.181 e. The standard InChI is InChI=1S/C8H11NO/c1-6(2)8(10)7-4-3-5-9-7/h3-6,9H,1-2H3. The first-order chi connectivity index (χ1) is 4.72. The summed E-state index contributed by atoms with van der Waals surface area (Å²) in [5.74, 6) is 0.253. The molecule has 10 heavy (non-hydrogen) atoms. The highest BCUT2D eigenvalue weighted by molar-refractivity contribution is 5.95. The lowest BCUT2D eigenvalue weighted by atomic mass is 10.1. The Morgan fingerprint density at radius 3 is 2.70 bits per heavy atom. The summed E-state index contributed by atoms with van der Waals surface area (Å²) in [5, 5.41) is 0. The largest absolute Gasteiger partial charge is 0.359 e. The van der Waals surface area contributed by atoms with Crippen LogP contribution in [0.25, 0.3) is 0 Å². The van der Waals surface area contributed by atoms with Gasteiger partial charge in [-0.05, 0) is 12.1 Å². The zero-order valence-corrected chi connectivity index (χ0v) is 6.22. The van der Waals surface area contributed by atoms with E-state index in [-0.39, 0.29) is 11.7 Å². The van der Waals surface area contributed by atoms with Crippen LogP contribution in [0.15, 0.2) is 18.3 Å². The Morgan fingerprint density at radius 1 is 1.60 bits per heavy atom. The van der Waals surface area contributed by atoms with Gasteiger partial charge in [0.05, 0.1) is 5.69 Å². The van der Waals surface area contributed by atoms with Gasteiger partial charge in [-0.15, -0.1) is 0 Å². The Labute approximate surface area is 60.3 Å². The molecule has 0 aliphatic rings. The summed E-state index contributed by atoms with van der Waals surface area (Å²) in [4.78, 5) is 14.0. The van der Waals surface area contributed by atoms with Crippen LogP contribution in [0.5, 0.6) is 0 Å². The van der Waals surface area contributed by atoms with E-state index in [1.165, 1.54) is 0 Å². The Hall–Kier alpha value is -1.05. The number of rotatable bonds is 2. The van der Waals surface area contributed by atoms with E-state index >= 15 is 0 Å². The van der Waals surface area contributed by atoms with Crippen LogP contribution in [0, 0.1) is 5.92 Å². The third kappa shape index (κ3) is 1.26. The van der Waals surface area contributed by atoms with Crippen molar-refractivity contribution in [2.75, 3.05) is 0 Å². The molecule has 54 valence electrons. The highest BCUT2D eigenvalue weighted by Crippen LogP contribution is 2.04. The third-order valence-electron chi connectivity index (χ3n) is 1.39. The lowest BCUT2D eigenvalue weighted by Crippen LogP contribution is -2.07. The zero-order chi connectivity index (χ0) is 7.56. The van der Waals surface area contributed by atoms with E-state index in [2.05, 4.69) is 4.98 Å². The summed E-state index contributed by atoms with van der Waals surface area (Å²) < 4.78 is 0. The van der Waals surface area contributed by atoms with E-state index in [0.29, 0.717) is 5.69 Å². The highest BCUT2D eigenvalue weighted by Gasteiger charge is 2.09. The first-order valence-electron chi connectivity index (χ1n) is 3.39. The average Bonchev–Trinajstić information content (AvgIpc) is 2.36. The van der Waals surface area contributed by atoms with E-state index in [9.17, 15) is 4.79 Å². The number of Topliss-reactive ketones (excluding diaryl/α,β-unsaturated/α-hetero) is 1. The number of carbonyl (C=O) groups is 1. The molecular formula is C8H11NO. The summed E-state index contributed by atoms with van der Waals surface area (Å²) >= 11 is 0. The van der Waals surface area contributed by atoms with Gasteiger partial charge in [0.15, 0.2) is 5.78 Å². The van der Waals surface area contributed by atoms with Gasteiger partial charge in [-0.3, -0.25) is 4.79 Å². The van der Waals surface area contributed by atoms with Crippen molar-refractivity contribution in [3.63, 3.8) is 0 Å². The molecule has 1 N–H and O–H groups in total. The minimum absolute atomic E-state index is 0.0821. The lowest BCUT2D eigenvalue weighted by Gasteiger charge is -1.98. The van der Waals surface area contributed by atoms with Gasteiger partial charge in [-0.1, -0.05) is 13.8 Å². The van der Waals surface area contributed by atoms with Crippen LogP contribution < -0.4 is 0 Å². The summed E-state index contributed by atoms with van der Waals surface area (Å²) in [6.07, 6.45) is 1.76. The number of aromatic nitrogens is 1. The van der Waals surface area contributed by atoms with E-state index < -0.39 is 0 Å². The van der Waals surface area contributed by atoms with Crippen LogP contribution >= 0.6 is 0 Å². The molecule has 0 aliphatic carbocycles. The third-order valence-corrected chi connectivity index (χ3v) is 1.39. The van der Waals surface area contributed by atoms with Gasteiger partial charge in [0, 0.05) is 12.1 Å². The van der Waals surface area contributed by atoms with E-state index in [0.717, 1.165) is 0 Å². The monoisotopic (exact) mass is 137 g/mol. The Morgan fingerprint density at radius 2 is 2.30 bits per heavy atom. The molecule has 1 aromatic rings.